The van der Waals surface area contributed by atoms with E-state index < -0.39 is 0 Å². The molecule has 5 nitrogen and oxygen atoms in total. The Morgan fingerprint density at radius 1 is 1.40 bits per heavy atom. The maximum atomic E-state index is 12.1. The summed E-state index contributed by atoms with van der Waals surface area (Å²) in [6, 6.07) is 8.29. The van der Waals surface area contributed by atoms with Crippen LogP contribution in [-0.2, 0) is 11.3 Å². The van der Waals surface area contributed by atoms with E-state index in [-0.39, 0.29) is 12.5 Å². The van der Waals surface area contributed by atoms with Gasteiger partial charge in [-0.15, -0.1) is 11.3 Å². The smallest absolute Gasteiger partial charge is 0.264 e. The van der Waals surface area contributed by atoms with Crippen LogP contribution in [-0.4, -0.2) is 35.0 Å². The van der Waals surface area contributed by atoms with E-state index in [9.17, 15) is 4.79 Å². The van der Waals surface area contributed by atoms with Crippen LogP contribution in [0.25, 0.3) is 0 Å². The van der Waals surface area contributed by atoms with Crippen molar-refractivity contribution in [3.05, 3.63) is 40.9 Å². The molecule has 1 saturated heterocycles. The summed E-state index contributed by atoms with van der Waals surface area (Å²) >= 11 is 1.54. The van der Waals surface area contributed by atoms with Gasteiger partial charge in [-0.05, 0) is 44.9 Å². The minimum absolute atomic E-state index is 0.0110. The van der Waals surface area contributed by atoms with Gasteiger partial charge in [0.25, 0.3) is 5.91 Å². The lowest BCUT2D eigenvalue weighted by Crippen LogP contribution is -2.36. The summed E-state index contributed by atoms with van der Waals surface area (Å²) in [6.45, 7) is 6.29. The van der Waals surface area contributed by atoms with E-state index in [1.54, 1.807) is 11.3 Å². The highest BCUT2D eigenvalue weighted by molar-refractivity contribution is 7.15. The first-order valence-corrected chi connectivity index (χ1v) is 9.60. The van der Waals surface area contributed by atoms with Gasteiger partial charge in [0.05, 0.1) is 0 Å². The summed E-state index contributed by atoms with van der Waals surface area (Å²) in [4.78, 5) is 20.1. The Labute approximate surface area is 153 Å². The molecule has 0 radical (unpaired) electrons. The van der Waals surface area contributed by atoms with Crippen LogP contribution < -0.4 is 10.1 Å². The number of carbonyl (C=O) groups is 1. The minimum atomic E-state index is -0.185. The minimum Gasteiger partial charge on any atom is -0.483 e. The molecule has 1 aromatic carbocycles. The fraction of sp³-hybridized carbons (Fsp3) is 0.474. The molecule has 1 aliphatic heterocycles. The SMILES string of the molecule is Cc1ccccc1OCC(=O)Nc1ncc(CN2CCCCC2C)s1. The monoisotopic (exact) mass is 359 g/mol. The standard InChI is InChI=1S/C19H25N3O2S/c1-14-7-3-4-9-17(14)24-13-18(23)21-19-20-11-16(25-19)12-22-10-6-5-8-15(22)2/h3-4,7,9,11,15H,5-6,8,10,12-13H2,1-2H3,(H,20,21,23). The van der Waals surface area contributed by atoms with Gasteiger partial charge in [0.1, 0.15) is 5.75 Å². The van der Waals surface area contributed by atoms with E-state index in [0.717, 1.165) is 24.4 Å². The van der Waals surface area contributed by atoms with Gasteiger partial charge < -0.3 is 4.74 Å². The van der Waals surface area contributed by atoms with Crippen molar-refractivity contribution in [2.75, 3.05) is 18.5 Å². The van der Waals surface area contributed by atoms with E-state index in [2.05, 4.69) is 22.1 Å². The van der Waals surface area contributed by atoms with Gasteiger partial charge in [0.15, 0.2) is 11.7 Å². The number of aromatic nitrogens is 1. The lowest BCUT2D eigenvalue weighted by atomic mass is 10.0. The van der Waals surface area contributed by atoms with Crippen molar-refractivity contribution in [2.24, 2.45) is 0 Å². The van der Waals surface area contributed by atoms with Crippen molar-refractivity contribution in [3.63, 3.8) is 0 Å². The third-order valence-corrected chi connectivity index (χ3v) is 5.45. The second kappa shape index (κ2) is 8.45. The molecule has 0 bridgehead atoms. The fourth-order valence-electron chi connectivity index (χ4n) is 3.05. The normalized spacial score (nSPS) is 18.1. The summed E-state index contributed by atoms with van der Waals surface area (Å²) in [5, 5.41) is 3.46. The highest BCUT2D eigenvalue weighted by atomic mass is 32.1. The molecule has 6 heteroatoms. The zero-order valence-electron chi connectivity index (χ0n) is 14.8. The molecule has 1 atom stereocenters. The molecule has 25 heavy (non-hydrogen) atoms. The van der Waals surface area contributed by atoms with Crippen molar-refractivity contribution in [1.82, 2.24) is 9.88 Å². The van der Waals surface area contributed by atoms with Gasteiger partial charge in [-0.25, -0.2) is 4.98 Å². The maximum Gasteiger partial charge on any atom is 0.264 e. The van der Waals surface area contributed by atoms with E-state index in [1.165, 1.54) is 24.1 Å². The Morgan fingerprint density at radius 2 is 2.24 bits per heavy atom. The second-order valence-electron chi connectivity index (χ2n) is 6.55. The van der Waals surface area contributed by atoms with Gasteiger partial charge in [0, 0.05) is 23.7 Å². The highest BCUT2D eigenvalue weighted by Gasteiger charge is 2.19. The largest absolute Gasteiger partial charge is 0.483 e. The summed E-state index contributed by atoms with van der Waals surface area (Å²) < 4.78 is 5.57. The van der Waals surface area contributed by atoms with E-state index in [4.69, 9.17) is 4.74 Å². The Balaban J connectivity index is 1.49. The first-order valence-electron chi connectivity index (χ1n) is 8.79. The quantitative estimate of drug-likeness (QED) is 0.851. The van der Waals surface area contributed by atoms with Gasteiger partial charge in [0.2, 0.25) is 0 Å². The third-order valence-electron chi connectivity index (χ3n) is 4.55. The number of piperidine rings is 1. The molecule has 3 rings (SSSR count). The Kier molecular flexibility index (Phi) is 6.04. The lowest BCUT2D eigenvalue weighted by Gasteiger charge is -2.32. The molecule has 0 saturated carbocycles. The third kappa shape index (κ3) is 5.03. The molecule has 1 aliphatic rings. The van der Waals surface area contributed by atoms with Crippen LogP contribution in [0.5, 0.6) is 5.75 Å². The number of aryl methyl sites for hydroxylation is 1. The zero-order valence-corrected chi connectivity index (χ0v) is 15.6. The number of benzene rings is 1. The number of thiazole rings is 1. The number of para-hydroxylation sites is 1. The van der Waals surface area contributed by atoms with Crippen molar-refractivity contribution >= 4 is 22.4 Å². The van der Waals surface area contributed by atoms with Crippen LogP contribution >= 0.6 is 11.3 Å². The molecule has 1 fully saturated rings. The lowest BCUT2D eigenvalue weighted by molar-refractivity contribution is -0.118. The zero-order chi connectivity index (χ0) is 17.6. The van der Waals surface area contributed by atoms with Crippen molar-refractivity contribution < 1.29 is 9.53 Å². The number of carbonyl (C=O) groups excluding carboxylic acids is 1. The van der Waals surface area contributed by atoms with Gasteiger partial charge in [-0.3, -0.25) is 15.0 Å². The molecule has 1 N–H and O–H groups in total. The number of rotatable bonds is 6. The molecule has 1 unspecified atom stereocenters. The highest BCUT2D eigenvalue weighted by Crippen LogP contribution is 2.24. The van der Waals surface area contributed by atoms with Crippen LogP contribution in [0.4, 0.5) is 5.13 Å². The first kappa shape index (κ1) is 17.9. The van der Waals surface area contributed by atoms with Crippen LogP contribution in [0.3, 0.4) is 0 Å². The Bertz CT molecular complexity index is 716. The first-order chi connectivity index (χ1) is 12.1. The molecular formula is C19H25N3O2S. The number of nitrogens with zero attached hydrogens (tertiary/aromatic N) is 2. The van der Waals surface area contributed by atoms with Crippen molar-refractivity contribution in [3.8, 4) is 5.75 Å². The number of hydrogen-bond acceptors (Lipinski definition) is 5. The molecule has 2 heterocycles. The summed E-state index contributed by atoms with van der Waals surface area (Å²) in [5.41, 5.74) is 1.02. The van der Waals surface area contributed by atoms with E-state index >= 15 is 0 Å². The van der Waals surface area contributed by atoms with Crippen LogP contribution in [0.2, 0.25) is 0 Å². The molecule has 2 aromatic rings. The molecule has 1 amide bonds. The van der Waals surface area contributed by atoms with Gasteiger partial charge in [-0.1, -0.05) is 24.6 Å². The molecule has 0 spiro atoms. The number of nitrogens with one attached hydrogen (secondary N) is 1. The van der Waals surface area contributed by atoms with Crippen LogP contribution in [0, 0.1) is 6.92 Å². The Morgan fingerprint density at radius 3 is 3.04 bits per heavy atom. The topological polar surface area (TPSA) is 54.5 Å². The molecule has 0 aliphatic carbocycles. The number of likely N-dealkylation sites (tertiary alicyclic amines) is 1. The van der Waals surface area contributed by atoms with Gasteiger partial charge >= 0.3 is 0 Å². The average molecular weight is 359 g/mol. The number of amides is 1. The van der Waals surface area contributed by atoms with E-state index in [0.29, 0.717) is 11.2 Å². The molecular weight excluding hydrogens is 334 g/mol. The summed E-state index contributed by atoms with van der Waals surface area (Å²) in [6.07, 6.45) is 5.72. The second-order valence-corrected chi connectivity index (χ2v) is 7.66. The predicted octanol–water partition coefficient (Wildman–Crippen LogP) is 3.84. The summed E-state index contributed by atoms with van der Waals surface area (Å²) in [5.74, 6) is 0.548. The Hall–Kier alpha value is -1.92. The maximum absolute atomic E-state index is 12.1. The predicted molar refractivity (Wildman–Crippen MR) is 101 cm³/mol. The van der Waals surface area contributed by atoms with Crippen LogP contribution in [0.1, 0.15) is 36.6 Å². The van der Waals surface area contributed by atoms with Crippen LogP contribution in [0.15, 0.2) is 30.5 Å². The van der Waals surface area contributed by atoms with E-state index in [1.807, 2.05) is 37.4 Å². The van der Waals surface area contributed by atoms with Crippen molar-refractivity contribution in [1.29, 1.82) is 0 Å². The number of hydrogen-bond donors (Lipinski definition) is 1. The number of ether oxygens (including phenoxy) is 1. The fourth-order valence-corrected chi connectivity index (χ4v) is 3.90. The number of anilines is 1. The summed E-state index contributed by atoms with van der Waals surface area (Å²) in [7, 11) is 0. The van der Waals surface area contributed by atoms with Gasteiger partial charge in [-0.2, -0.15) is 0 Å². The molecule has 1 aromatic heterocycles. The van der Waals surface area contributed by atoms with Crippen molar-refractivity contribution in [2.45, 2.75) is 45.7 Å². The average Bonchev–Trinajstić information content (AvgIpc) is 3.03. The molecule has 134 valence electrons.